The predicted octanol–water partition coefficient (Wildman–Crippen LogP) is 3.69. The number of hydrogen-bond acceptors (Lipinski definition) is 6. The average Bonchev–Trinajstić information content (AvgIpc) is 3.18. The molecule has 0 saturated carbocycles. The number of rotatable bonds is 5. The maximum atomic E-state index is 13.1. The summed E-state index contributed by atoms with van der Waals surface area (Å²) in [6.07, 6.45) is -1.19. The Balaban J connectivity index is 1.49. The van der Waals surface area contributed by atoms with Gasteiger partial charge >= 0.3 is 6.18 Å². The van der Waals surface area contributed by atoms with E-state index in [1.807, 2.05) is 0 Å². The zero-order valence-corrected chi connectivity index (χ0v) is 19.9. The fraction of sp³-hybridized carbons (Fsp3) is 0.348. The summed E-state index contributed by atoms with van der Waals surface area (Å²) in [6.45, 7) is 3.80. The molecule has 2 aromatic heterocycles. The molecule has 0 spiro atoms. The third-order valence-corrected chi connectivity index (χ3v) is 5.74. The highest BCUT2D eigenvalue weighted by atomic mass is 35.5. The van der Waals surface area contributed by atoms with Crippen molar-refractivity contribution in [2.75, 3.05) is 26.3 Å². The van der Waals surface area contributed by atoms with Crippen LogP contribution in [0.15, 0.2) is 42.9 Å². The van der Waals surface area contributed by atoms with Crippen LogP contribution in [0.4, 0.5) is 13.2 Å². The van der Waals surface area contributed by atoms with Gasteiger partial charge in [-0.1, -0.05) is 11.6 Å². The number of pyridine rings is 1. The molecule has 9 nitrogen and oxygen atoms in total. The van der Waals surface area contributed by atoms with Crippen LogP contribution in [0.25, 0.3) is 5.82 Å². The number of aromatic nitrogens is 4. The minimum Gasteiger partial charge on any atom is -0.380 e. The Morgan fingerprint density at radius 3 is 2.64 bits per heavy atom. The first-order valence-electron chi connectivity index (χ1n) is 11.1. The molecular formula is C23H22ClF3N6O3. The Kier molecular flexibility index (Phi) is 7.55. The van der Waals surface area contributed by atoms with Crippen LogP contribution in [0.2, 0.25) is 5.02 Å². The van der Waals surface area contributed by atoms with Gasteiger partial charge < -0.3 is 15.0 Å². The maximum Gasteiger partial charge on any atom is 0.416 e. The van der Waals surface area contributed by atoms with Crippen molar-refractivity contribution in [3.05, 3.63) is 70.4 Å². The average molecular weight is 523 g/mol. The van der Waals surface area contributed by atoms with Crippen LogP contribution in [-0.2, 0) is 10.9 Å². The molecule has 0 radical (unpaired) electrons. The number of carbonyl (C=O) groups is 2. The molecule has 0 unspecified atom stereocenters. The van der Waals surface area contributed by atoms with Crippen LogP contribution in [0.3, 0.4) is 0 Å². The monoisotopic (exact) mass is 522 g/mol. The van der Waals surface area contributed by atoms with Crippen molar-refractivity contribution in [3.63, 3.8) is 0 Å². The normalized spacial score (nSPS) is 15.3. The lowest BCUT2D eigenvalue weighted by Gasteiger charge is -2.19. The lowest BCUT2D eigenvalue weighted by atomic mass is 10.1. The number of ether oxygens (including phenoxy) is 1. The van der Waals surface area contributed by atoms with E-state index >= 15 is 0 Å². The quantitative estimate of drug-likeness (QED) is 0.548. The van der Waals surface area contributed by atoms with Gasteiger partial charge in [0.05, 0.1) is 23.8 Å². The molecule has 1 atom stereocenters. The first-order chi connectivity index (χ1) is 17.1. The second kappa shape index (κ2) is 10.6. The van der Waals surface area contributed by atoms with E-state index in [-0.39, 0.29) is 22.3 Å². The van der Waals surface area contributed by atoms with Crippen LogP contribution in [-0.4, -0.2) is 62.8 Å². The number of amides is 2. The molecular weight excluding hydrogens is 501 g/mol. The van der Waals surface area contributed by atoms with E-state index in [1.54, 1.807) is 24.0 Å². The molecule has 3 heterocycles. The second-order valence-corrected chi connectivity index (χ2v) is 8.55. The summed E-state index contributed by atoms with van der Waals surface area (Å²) in [4.78, 5) is 35.6. The van der Waals surface area contributed by atoms with Crippen molar-refractivity contribution in [1.82, 2.24) is 30.0 Å². The number of hydrogen-bond donors (Lipinski definition) is 1. The van der Waals surface area contributed by atoms with Crippen LogP contribution in [0, 0.1) is 0 Å². The zero-order valence-electron chi connectivity index (χ0n) is 19.1. The summed E-state index contributed by atoms with van der Waals surface area (Å²) in [5.41, 5.74) is -0.861. The summed E-state index contributed by atoms with van der Waals surface area (Å²) in [5.74, 6) is -0.279. The van der Waals surface area contributed by atoms with E-state index in [2.05, 4.69) is 20.4 Å². The number of alkyl halides is 3. The Morgan fingerprint density at radius 1 is 1.11 bits per heavy atom. The van der Waals surface area contributed by atoms with Gasteiger partial charge in [0.25, 0.3) is 11.8 Å². The van der Waals surface area contributed by atoms with Gasteiger partial charge in [0.2, 0.25) is 0 Å². The van der Waals surface area contributed by atoms with E-state index < -0.39 is 23.7 Å². The van der Waals surface area contributed by atoms with Gasteiger partial charge in [-0.3, -0.25) is 9.59 Å². The van der Waals surface area contributed by atoms with Crippen LogP contribution in [0.5, 0.6) is 0 Å². The Labute approximate surface area is 209 Å². The fourth-order valence-electron chi connectivity index (χ4n) is 3.72. The van der Waals surface area contributed by atoms with Crippen molar-refractivity contribution in [2.24, 2.45) is 0 Å². The molecule has 1 fully saturated rings. The van der Waals surface area contributed by atoms with Gasteiger partial charge in [-0.05, 0) is 43.7 Å². The van der Waals surface area contributed by atoms with Crippen molar-refractivity contribution >= 4 is 23.4 Å². The minimum atomic E-state index is -4.65. The molecule has 0 bridgehead atoms. The Hall–Kier alpha value is -3.51. The first kappa shape index (κ1) is 25.6. The van der Waals surface area contributed by atoms with Gasteiger partial charge in [-0.2, -0.15) is 23.0 Å². The van der Waals surface area contributed by atoms with E-state index in [4.69, 9.17) is 16.3 Å². The number of carbonyl (C=O) groups excluding carboxylic acids is 2. The molecule has 3 aromatic rings. The number of nitrogens with one attached hydrogen (secondary N) is 1. The van der Waals surface area contributed by atoms with Crippen LogP contribution >= 0.6 is 11.6 Å². The lowest BCUT2D eigenvalue weighted by Crippen LogP contribution is -2.33. The van der Waals surface area contributed by atoms with Gasteiger partial charge in [-0.25, -0.2) is 9.97 Å². The molecule has 36 heavy (non-hydrogen) atoms. The van der Waals surface area contributed by atoms with Gasteiger partial charge in [0.15, 0.2) is 11.6 Å². The number of benzene rings is 1. The summed E-state index contributed by atoms with van der Waals surface area (Å²) in [7, 11) is 0. The summed E-state index contributed by atoms with van der Waals surface area (Å²) < 4.78 is 46.0. The van der Waals surface area contributed by atoms with E-state index in [1.165, 1.54) is 17.2 Å². The van der Waals surface area contributed by atoms with Crippen molar-refractivity contribution in [2.45, 2.75) is 25.6 Å². The summed E-state index contributed by atoms with van der Waals surface area (Å²) >= 11 is 5.79. The van der Waals surface area contributed by atoms with Gasteiger partial charge in [-0.15, -0.1) is 0 Å². The van der Waals surface area contributed by atoms with Gasteiger partial charge in [0.1, 0.15) is 6.33 Å². The highest BCUT2D eigenvalue weighted by Gasteiger charge is 2.32. The molecule has 1 saturated heterocycles. The zero-order chi connectivity index (χ0) is 25.9. The third-order valence-electron chi connectivity index (χ3n) is 5.52. The molecule has 4 rings (SSSR count). The molecule has 13 heteroatoms. The Bertz CT molecular complexity index is 1240. The molecule has 0 aliphatic carbocycles. The first-order valence-corrected chi connectivity index (χ1v) is 11.4. The maximum absolute atomic E-state index is 13.1. The molecule has 2 amide bonds. The summed E-state index contributed by atoms with van der Waals surface area (Å²) in [5, 5.41) is 6.53. The van der Waals surface area contributed by atoms with Crippen molar-refractivity contribution in [3.8, 4) is 5.82 Å². The highest BCUT2D eigenvalue weighted by molar-refractivity contribution is 6.31. The van der Waals surface area contributed by atoms with Crippen LogP contribution < -0.4 is 5.32 Å². The van der Waals surface area contributed by atoms with Crippen molar-refractivity contribution < 1.29 is 27.5 Å². The lowest BCUT2D eigenvalue weighted by molar-refractivity contribution is -0.137. The number of halogens is 4. The van der Waals surface area contributed by atoms with Crippen LogP contribution in [0.1, 0.15) is 51.5 Å². The Morgan fingerprint density at radius 2 is 1.92 bits per heavy atom. The fourth-order valence-corrected chi connectivity index (χ4v) is 3.96. The largest absolute Gasteiger partial charge is 0.416 e. The predicted molar refractivity (Wildman–Crippen MR) is 123 cm³/mol. The highest BCUT2D eigenvalue weighted by Crippen LogP contribution is 2.32. The van der Waals surface area contributed by atoms with E-state index in [9.17, 15) is 22.8 Å². The van der Waals surface area contributed by atoms with E-state index in [0.29, 0.717) is 37.7 Å². The second-order valence-electron chi connectivity index (χ2n) is 8.11. The third kappa shape index (κ3) is 5.82. The van der Waals surface area contributed by atoms with Gasteiger partial charge in [0, 0.05) is 36.5 Å². The smallest absolute Gasteiger partial charge is 0.380 e. The van der Waals surface area contributed by atoms with E-state index in [0.717, 1.165) is 24.6 Å². The SMILES string of the molecule is C[C@H](NC(=O)c1cc(Cl)cc(C(F)(F)F)c1)c1ncnn1-c1ccc(C(=O)N2CCCOCC2)cn1. The molecule has 1 aliphatic rings. The standard InChI is InChI=1S/C23H22ClF3N6O3/c1-14(31-21(34)16-9-17(23(25,26)27)11-18(24)10-16)20-29-13-30-33(20)19-4-3-15(12-28-19)22(35)32-5-2-7-36-8-6-32/h3-4,9-14H,2,5-8H2,1H3,(H,31,34)/t14-/m0/s1. The number of nitrogens with zero attached hydrogens (tertiary/aromatic N) is 5. The minimum absolute atomic E-state index is 0.154. The van der Waals surface area contributed by atoms with Crippen molar-refractivity contribution in [1.29, 1.82) is 0 Å². The molecule has 1 N–H and O–H groups in total. The summed E-state index contributed by atoms with van der Waals surface area (Å²) in [6, 6.07) is 5.10. The molecule has 190 valence electrons. The topological polar surface area (TPSA) is 102 Å². The molecule has 1 aliphatic heterocycles. The molecule has 1 aromatic carbocycles.